The molecular weight excluding hydrogens is 304 g/mol. The van der Waals surface area contributed by atoms with Crippen LogP contribution in [0.5, 0.6) is 0 Å². The van der Waals surface area contributed by atoms with Gasteiger partial charge in [-0.25, -0.2) is 0 Å². The standard InChI is InChI=1S/C18H36N4O2/c1-15(2)22-8-6-5-7-17(22)18(24)20(4)13-16(23)14-21-11-9-19(3)10-12-21/h15-17,23H,5-14H2,1-4H3. The van der Waals surface area contributed by atoms with Gasteiger partial charge in [0.05, 0.1) is 12.1 Å². The minimum Gasteiger partial charge on any atom is -0.390 e. The van der Waals surface area contributed by atoms with Gasteiger partial charge in [0.25, 0.3) is 0 Å². The van der Waals surface area contributed by atoms with Crippen LogP contribution in [0.3, 0.4) is 0 Å². The molecule has 2 fully saturated rings. The molecule has 140 valence electrons. The Balaban J connectivity index is 1.81. The summed E-state index contributed by atoms with van der Waals surface area (Å²) in [5, 5.41) is 10.4. The van der Waals surface area contributed by atoms with Gasteiger partial charge in [-0.2, -0.15) is 0 Å². The van der Waals surface area contributed by atoms with E-state index in [4.69, 9.17) is 0 Å². The fraction of sp³-hybridized carbons (Fsp3) is 0.944. The van der Waals surface area contributed by atoms with Gasteiger partial charge in [-0.05, 0) is 40.3 Å². The van der Waals surface area contributed by atoms with Gasteiger partial charge in [0.15, 0.2) is 0 Å². The SMILES string of the molecule is CC(C)N1CCCCC1C(=O)N(C)CC(O)CN1CCN(C)CC1. The lowest BCUT2D eigenvalue weighted by Crippen LogP contribution is -2.54. The molecule has 24 heavy (non-hydrogen) atoms. The topological polar surface area (TPSA) is 50.3 Å². The lowest BCUT2D eigenvalue weighted by molar-refractivity contribution is -0.139. The lowest BCUT2D eigenvalue weighted by atomic mass is 9.99. The first-order chi connectivity index (χ1) is 11.4. The average Bonchev–Trinajstić information content (AvgIpc) is 2.56. The van der Waals surface area contributed by atoms with Crippen LogP contribution >= 0.6 is 0 Å². The van der Waals surface area contributed by atoms with Gasteiger partial charge in [-0.1, -0.05) is 6.42 Å². The molecule has 0 aromatic heterocycles. The fourth-order valence-electron chi connectivity index (χ4n) is 3.88. The number of likely N-dealkylation sites (tertiary alicyclic amines) is 1. The molecule has 0 aromatic rings. The highest BCUT2D eigenvalue weighted by atomic mass is 16.3. The second kappa shape index (κ2) is 9.13. The van der Waals surface area contributed by atoms with Crippen LogP contribution in [0.1, 0.15) is 33.1 Å². The van der Waals surface area contributed by atoms with Gasteiger partial charge in [0.2, 0.25) is 5.91 Å². The Bertz CT molecular complexity index is 396. The summed E-state index contributed by atoms with van der Waals surface area (Å²) < 4.78 is 0. The van der Waals surface area contributed by atoms with Crippen molar-refractivity contribution in [1.29, 1.82) is 0 Å². The zero-order valence-corrected chi connectivity index (χ0v) is 15.9. The highest BCUT2D eigenvalue weighted by Gasteiger charge is 2.32. The lowest BCUT2D eigenvalue weighted by Gasteiger charge is -2.40. The van der Waals surface area contributed by atoms with Crippen LogP contribution in [-0.2, 0) is 4.79 Å². The van der Waals surface area contributed by atoms with E-state index in [1.165, 1.54) is 6.42 Å². The second-order valence-corrected chi connectivity index (χ2v) is 7.82. The van der Waals surface area contributed by atoms with Crippen LogP contribution < -0.4 is 0 Å². The van der Waals surface area contributed by atoms with E-state index in [2.05, 4.69) is 35.6 Å². The number of piperidine rings is 1. The summed E-state index contributed by atoms with van der Waals surface area (Å²) in [6, 6.07) is 0.377. The number of nitrogens with zero attached hydrogens (tertiary/aromatic N) is 4. The molecule has 6 heteroatoms. The van der Waals surface area contributed by atoms with Crippen molar-refractivity contribution in [3.63, 3.8) is 0 Å². The Hall–Kier alpha value is -0.690. The van der Waals surface area contributed by atoms with E-state index >= 15 is 0 Å². The molecule has 0 saturated carbocycles. The Morgan fingerprint density at radius 1 is 1.17 bits per heavy atom. The largest absolute Gasteiger partial charge is 0.390 e. The van der Waals surface area contributed by atoms with Crippen molar-refractivity contribution in [3.05, 3.63) is 0 Å². The van der Waals surface area contributed by atoms with Crippen LogP contribution in [-0.4, -0.2) is 109 Å². The van der Waals surface area contributed by atoms with Crippen molar-refractivity contribution in [2.24, 2.45) is 0 Å². The minimum absolute atomic E-state index is 0.0143. The second-order valence-electron chi connectivity index (χ2n) is 7.82. The summed E-state index contributed by atoms with van der Waals surface area (Å²) in [6.07, 6.45) is 2.77. The van der Waals surface area contributed by atoms with Gasteiger partial charge in [0.1, 0.15) is 0 Å². The number of aliphatic hydroxyl groups is 1. The van der Waals surface area contributed by atoms with Gasteiger partial charge < -0.3 is 14.9 Å². The van der Waals surface area contributed by atoms with Crippen LogP contribution in [0, 0.1) is 0 Å². The van der Waals surface area contributed by atoms with Crippen LogP contribution in [0.4, 0.5) is 0 Å². The molecule has 0 bridgehead atoms. The van der Waals surface area contributed by atoms with Crippen molar-refractivity contribution in [2.75, 3.05) is 59.9 Å². The maximum absolute atomic E-state index is 12.8. The highest BCUT2D eigenvalue weighted by molar-refractivity contribution is 5.81. The predicted molar refractivity (Wildman–Crippen MR) is 97.1 cm³/mol. The highest BCUT2D eigenvalue weighted by Crippen LogP contribution is 2.21. The molecule has 2 unspecified atom stereocenters. The summed E-state index contributed by atoms with van der Waals surface area (Å²) in [7, 11) is 3.97. The van der Waals surface area contributed by atoms with E-state index in [-0.39, 0.29) is 11.9 Å². The maximum atomic E-state index is 12.8. The fourth-order valence-corrected chi connectivity index (χ4v) is 3.88. The Labute approximate surface area is 147 Å². The maximum Gasteiger partial charge on any atom is 0.239 e. The number of aliphatic hydroxyl groups excluding tert-OH is 1. The number of carbonyl (C=O) groups is 1. The summed E-state index contributed by atoms with van der Waals surface area (Å²) in [4.78, 5) is 21.5. The van der Waals surface area contributed by atoms with E-state index in [1.807, 2.05) is 7.05 Å². The number of β-amino-alcohol motifs (C(OH)–C–C–N with tert-alkyl or cyclic N) is 1. The normalized spacial score (nSPS) is 25.8. The first kappa shape index (κ1) is 19.6. The summed E-state index contributed by atoms with van der Waals surface area (Å²) in [5.74, 6) is 0.167. The molecule has 2 heterocycles. The molecule has 2 saturated heterocycles. The quantitative estimate of drug-likeness (QED) is 0.754. The van der Waals surface area contributed by atoms with Gasteiger partial charge in [0, 0.05) is 52.4 Å². The van der Waals surface area contributed by atoms with Crippen molar-refractivity contribution in [3.8, 4) is 0 Å². The summed E-state index contributed by atoms with van der Waals surface area (Å²) >= 11 is 0. The van der Waals surface area contributed by atoms with Crippen molar-refractivity contribution >= 4 is 5.91 Å². The molecule has 1 N–H and O–H groups in total. The van der Waals surface area contributed by atoms with Crippen LogP contribution in [0.15, 0.2) is 0 Å². The third kappa shape index (κ3) is 5.41. The molecule has 0 radical (unpaired) electrons. The van der Waals surface area contributed by atoms with Crippen molar-refractivity contribution in [2.45, 2.75) is 51.3 Å². The Morgan fingerprint density at radius 3 is 2.46 bits per heavy atom. The molecule has 2 aliphatic heterocycles. The molecule has 0 aliphatic carbocycles. The van der Waals surface area contributed by atoms with E-state index in [0.29, 0.717) is 19.1 Å². The van der Waals surface area contributed by atoms with E-state index in [1.54, 1.807) is 4.90 Å². The van der Waals surface area contributed by atoms with E-state index in [9.17, 15) is 9.90 Å². The van der Waals surface area contributed by atoms with Gasteiger partial charge in [-0.15, -0.1) is 0 Å². The smallest absolute Gasteiger partial charge is 0.239 e. The number of hydrogen-bond acceptors (Lipinski definition) is 5. The molecule has 2 atom stereocenters. The molecule has 1 amide bonds. The number of rotatable bonds is 6. The predicted octanol–water partition coefficient (Wildman–Crippen LogP) is 0.316. The van der Waals surface area contributed by atoms with Crippen molar-refractivity contribution < 1.29 is 9.90 Å². The number of likely N-dealkylation sites (N-methyl/N-ethyl adjacent to an activating group) is 2. The Morgan fingerprint density at radius 2 is 1.83 bits per heavy atom. The van der Waals surface area contributed by atoms with Crippen LogP contribution in [0.25, 0.3) is 0 Å². The third-order valence-electron chi connectivity index (χ3n) is 5.42. The molecule has 0 aromatic carbocycles. The molecule has 2 rings (SSSR count). The van der Waals surface area contributed by atoms with E-state index < -0.39 is 6.10 Å². The summed E-state index contributed by atoms with van der Waals surface area (Å²) in [5.41, 5.74) is 0. The number of carbonyl (C=O) groups excluding carboxylic acids is 1. The van der Waals surface area contributed by atoms with E-state index in [0.717, 1.165) is 45.6 Å². The van der Waals surface area contributed by atoms with Crippen LogP contribution in [0.2, 0.25) is 0 Å². The first-order valence-electron chi connectivity index (χ1n) is 9.48. The zero-order valence-electron chi connectivity index (χ0n) is 15.9. The molecular formula is C18H36N4O2. The first-order valence-corrected chi connectivity index (χ1v) is 9.48. The Kier molecular flexibility index (Phi) is 7.47. The molecule has 2 aliphatic rings. The summed E-state index contributed by atoms with van der Waals surface area (Å²) in [6.45, 7) is 10.5. The minimum atomic E-state index is -0.474. The third-order valence-corrected chi connectivity index (χ3v) is 5.42. The van der Waals surface area contributed by atoms with Gasteiger partial charge >= 0.3 is 0 Å². The monoisotopic (exact) mass is 340 g/mol. The molecule has 0 spiro atoms. The number of hydrogen-bond donors (Lipinski definition) is 1. The number of amides is 1. The zero-order chi connectivity index (χ0) is 17.7. The van der Waals surface area contributed by atoms with Gasteiger partial charge in [-0.3, -0.25) is 14.6 Å². The van der Waals surface area contributed by atoms with Crippen molar-refractivity contribution in [1.82, 2.24) is 19.6 Å². The molecule has 6 nitrogen and oxygen atoms in total. The number of piperazine rings is 1. The average molecular weight is 341 g/mol.